The van der Waals surface area contributed by atoms with E-state index < -0.39 is 19.7 Å². The predicted octanol–water partition coefficient (Wildman–Crippen LogP) is 3.92. The molecule has 0 aliphatic carbocycles. The van der Waals surface area contributed by atoms with Gasteiger partial charge in [-0.05, 0) is 64.0 Å². The Kier molecular flexibility index (Phi) is 9.13. The molecule has 2 aromatic rings. The summed E-state index contributed by atoms with van der Waals surface area (Å²) in [6, 6.07) is 4.88. The summed E-state index contributed by atoms with van der Waals surface area (Å²) in [5.74, 6) is 0.147. The first-order valence-electron chi connectivity index (χ1n) is 10.7. The number of carbonyl (C=O) groups is 1. The van der Waals surface area contributed by atoms with Crippen molar-refractivity contribution in [3.05, 3.63) is 30.0 Å². The number of methoxy groups -OCH3 is 1. The fourth-order valence-electron chi connectivity index (χ4n) is 3.37. The third-order valence-electron chi connectivity index (χ3n) is 5.00. The number of benzene rings is 1. The zero-order chi connectivity index (χ0) is 23.2. The molecule has 0 spiro atoms. The Labute approximate surface area is 185 Å². The molecule has 31 heavy (non-hydrogen) atoms. The van der Waals surface area contributed by atoms with Gasteiger partial charge in [0.1, 0.15) is 11.8 Å². The number of ether oxygens (including phenoxy) is 2. The van der Waals surface area contributed by atoms with E-state index in [1.165, 1.54) is 0 Å². The number of esters is 1. The van der Waals surface area contributed by atoms with Gasteiger partial charge in [0.15, 0.2) is 0 Å². The molecule has 1 heterocycles. The predicted molar refractivity (Wildman–Crippen MR) is 124 cm³/mol. The van der Waals surface area contributed by atoms with Gasteiger partial charge in [-0.3, -0.25) is 9.13 Å². The first-order valence-corrected chi connectivity index (χ1v) is 12.3. The van der Waals surface area contributed by atoms with E-state index in [-0.39, 0.29) is 19.1 Å². The van der Waals surface area contributed by atoms with Crippen molar-refractivity contribution in [1.82, 2.24) is 14.3 Å². The Bertz CT molecular complexity index is 925. The van der Waals surface area contributed by atoms with Crippen LogP contribution in [0, 0.1) is 5.92 Å². The van der Waals surface area contributed by atoms with Gasteiger partial charge in [0.05, 0.1) is 25.8 Å². The zero-order valence-corrected chi connectivity index (χ0v) is 20.6. The van der Waals surface area contributed by atoms with E-state index in [9.17, 15) is 9.36 Å². The molecule has 1 aromatic carbocycles. The van der Waals surface area contributed by atoms with Gasteiger partial charge in [-0.25, -0.2) is 9.65 Å². The average Bonchev–Trinajstić information content (AvgIpc) is 3.09. The lowest BCUT2D eigenvalue weighted by Gasteiger charge is -2.27. The number of aromatic nitrogens is 1. The maximum atomic E-state index is 14.1. The van der Waals surface area contributed by atoms with E-state index in [0.29, 0.717) is 0 Å². The minimum Gasteiger partial charge on any atom is -0.497 e. The lowest BCUT2D eigenvalue weighted by atomic mass is 10.1. The highest BCUT2D eigenvalue weighted by Crippen LogP contribution is 2.49. The van der Waals surface area contributed by atoms with Gasteiger partial charge in [0.25, 0.3) is 0 Å². The molecular formula is C22H36N3O5P. The van der Waals surface area contributed by atoms with Crippen LogP contribution in [0.15, 0.2) is 24.4 Å². The highest BCUT2D eigenvalue weighted by atomic mass is 31.2. The van der Waals surface area contributed by atoms with Crippen molar-refractivity contribution in [2.75, 3.05) is 41.0 Å². The molecule has 1 aromatic heterocycles. The molecule has 9 heteroatoms. The fraction of sp³-hybridized carbons (Fsp3) is 0.591. The lowest BCUT2D eigenvalue weighted by molar-refractivity contribution is -0.146. The Morgan fingerprint density at radius 1 is 1.23 bits per heavy atom. The first kappa shape index (κ1) is 25.4. The maximum Gasteiger partial charge on any atom is 0.373 e. The topological polar surface area (TPSA) is 82.0 Å². The Morgan fingerprint density at radius 2 is 1.94 bits per heavy atom. The van der Waals surface area contributed by atoms with E-state index in [1.54, 1.807) is 25.3 Å². The molecular weight excluding hydrogens is 417 g/mol. The molecule has 0 aliphatic rings. The van der Waals surface area contributed by atoms with E-state index in [0.717, 1.165) is 35.2 Å². The van der Waals surface area contributed by atoms with Crippen LogP contribution in [0.25, 0.3) is 10.9 Å². The highest BCUT2D eigenvalue weighted by molar-refractivity contribution is 7.55. The molecule has 0 amide bonds. The first-order chi connectivity index (χ1) is 14.7. The number of nitrogens with zero attached hydrogens (tertiary/aromatic N) is 2. The molecule has 2 atom stereocenters. The molecule has 0 saturated carbocycles. The number of hydrogen-bond acceptors (Lipinski definition) is 6. The van der Waals surface area contributed by atoms with Gasteiger partial charge < -0.3 is 18.9 Å². The Balaban J connectivity index is 2.59. The number of likely N-dealkylation sites (N-methyl/N-ethyl adjacent to an activating group) is 1. The minimum atomic E-state index is -3.64. The van der Waals surface area contributed by atoms with Gasteiger partial charge in [-0.15, -0.1) is 0 Å². The summed E-state index contributed by atoms with van der Waals surface area (Å²) in [5.41, 5.74) is 1.78. The minimum absolute atomic E-state index is 0.136. The quantitative estimate of drug-likeness (QED) is 0.385. The summed E-state index contributed by atoms with van der Waals surface area (Å²) in [5, 5.41) is 3.96. The number of carbonyl (C=O) groups excluding carboxylic acids is 1. The second-order valence-electron chi connectivity index (χ2n) is 7.98. The van der Waals surface area contributed by atoms with Crippen LogP contribution in [0.2, 0.25) is 0 Å². The van der Waals surface area contributed by atoms with Crippen molar-refractivity contribution in [1.29, 1.82) is 0 Å². The number of nitrogens with one attached hydrogen (secondary N) is 1. The van der Waals surface area contributed by atoms with Gasteiger partial charge in [-0.2, -0.15) is 0 Å². The molecule has 0 saturated heterocycles. The van der Waals surface area contributed by atoms with Gasteiger partial charge in [0, 0.05) is 18.1 Å². The van der Waals surface area contributed by atoms with Crippen molar-refractivity contribution < 1.29 is 23.4 Å². The van der Waals surface area contributed by atoms with Crippen LogP contribution in [0.5, 0.6) is 5.75 Å². The smallest absolute Gasteiger partial charge is 0.373 e. The summed E-state index contributed by atoms with van der Waals surface area (Å²) >= 11 is 0. The van der Waals surface area contributed by atoms with Crippen molar-refractivity contribution in [3.63, 3.8) is 0 Å². The molecule has 174 valence electrons. The van der Waals surface area contributed by atoms with Crippen LogP contribution in [0.4, 0.5) is 0 Å². The summed E-state index contributed by atoms with van der Waals surface area (Å²) in [6.07, 6.45) is 2.63. The zero-order valence-electron chi connectivity index (χ0n) is 19.7. The maximum absolute atomic E-state index is 14.1. The largest absolute Gasteiger partial charge is 0.497 e. The van der Waals surface area contributed by atoms with Gasteiger partial charge >= 0.3 is 13.6 Å². The summed E-state index contributed by atoms with van der Waals surface area (Å²) in [4.78, 5) is 14.6. The van der Waals surface area contributed by atoms with Gasteiger partial charge in [0.2, 0.25) is 0 Å². The molecule has 0 bridgehead atoms. The van der Waals surface area contributed by atoms with Gasteiger partial charge in [-0.1, -0.05) is 13.8 Å². The Hall–Kier alpha value is -1.86. The Morgan fingerprint density at radius 3 is 2.48 bits per heavy atom. The van der Waals surface area contributed by atoms with Crippen LogP contribution in [0.3, 0.4) is 0 Å². The molecule has 2 rings (SSSR count). The SMILES string of the molecule is CCOC(=O)C(NP(=O)(OCC)n1cc(CCN(C)C)c2cc(OC)ccc21)C(C)C. The monoisotopic (exact) mass is 453 g/mol. The van der Waals surface area contributed by atoms with Crippen LogP contribution < -0.4 is 9.82 Å². The molecule has 0 radical (unpaired) electrons. The molecule has 2 unspecified atom stereocenters. The molecule has 1 N–H and O–H groups in total. The summed E-state index contributed by atoms with van der Waals surface area (Å²) < 4.78 is 32.2. The molecule has 0 fully saturated rings. The van der Waals surface area contributed by atoms with Crippen molar-refractivity contribution >= 4 is 24.5 Å². The van der Waals surface area contributed by atoms with Crippen molar-refractivity contribution in [2.45, 2.75) is 40.2 Å². The fourth-order valence-corrected chi connectivity index (χ4v) is 5.54. The van der Waals surface area contributed by atoms with Crippen molar-refractivity contribution in [3.8, 4) is 5.75 Å². The van der Waals surface area contributed by atoms with Crippen LogP contribution >= 0.6 is 7.67 Å². The van der Waals surface area contributed by atoms with E-state index in [4.69, 9.17) is 14.0 Å². The lowest BCUT2D eigenvalue weighted by Crippen LogP contribution is -2.41. The van der Waals surface area contributed by atoms with Crippen LogP contribution in [-0.4, -0.2) is 62.2 Å². The number of fused-ring (bicyclic) bond motifs is 1. The normalized spacial score (nSPS) is 14.7. The molecule has 8 nitrogen and oxygen atoms in total. The highest BCUT2D eigenvalue weighted by Gasteiger charge is 2.36. The summed E-state index contributed by atoms with van der Waals surface area (Å²) in [6.45, 7) is 8.61. The van der Waals surface area contributed by atoms with E-state index >= 15 is 0 Å². The standard InChI is InChI=1S/C22H36N3O5P/c1-8-29-22(26)21(16(3)4)23-31(27,30-9-2)25-15-17(12-13-24(5)6)19-14-18(28-7)10-11-20(19)25/h10-11,14-16,21H,8-9,12-13H2,1-7H3,(H,23,27). The van der Waals surface area contributed by atoms with E-state index in [1.807, 2.05) is 52.3 Å². The van der Waals surface area contributed by atoms with E-state index in [2.05, 4.69) is 9.99 Å². The number of hydrogen-bond donors (Lipinski definition) is 1. The second kappa shape index (κ2) is 11.1. The molecule has 0 aliphatic heterocycles. The van der Waals surface area contributed by atoms with Crippen LogP contribution in [0.1, 0.15) is 33.3 Å². The average molecular weight is 454 g/mol. The van der Waals surface area contributed by atoms with Crippen LogP contribution in [-0.2, 0) is 25.0 Å². The second-order valence-corrected chi connectivity index (χ2v) is 9.96. The van der Waals surface area contributed by atoms with Crippen molar-refractivity contribution in [2.24, 2.45) is 5.92 Å². The summed E-state index contributed by atoms with van der Waals surface area (Å²) in [7, 11) is 2.00. The number of rotatable bonds is 12. The third-order valence-corrected chi connectivity index (χ3v) is 7.11. The third kappa shape index (κ3) is 6.10.